The Labute approximate surface area is 126 Å². The zero-order valence-corrected chi connectivity index (χ0v) is 15.0. The molecule has 1 nitrogen and oxygen atoms in total. The smallest absolute Gasteiger partial charge is 0.146 e. The molecule has 0 saturated heterocycles. The van der Waals surface area contributed by atoms with Crippen molar-refractivity contribution < 1.29 is 0 Å². The van der Waals surface area contributed by atoms with E-state index in [4.69, 9.17) is 5.73 Å². The highest BCUT2D eigenvalue weighted by atomic mass is 28.3. The van der Waals surface area contributed by atoms with Crippen molar-refractivity contribution >= 4 is 13.8 Å². The lowest BCUT2D eigenvalue weighted by molar-refractivity contribution is 0.838. The zero-order valence-electron chi connectivity index (χ0n) is 14.0. The van der Waals surface area contributed by atoms with Gasteiger partial charge in [-0.3, -0.25) is 0 Å². The molecule has 0 aliphatic heterocycles. The summed E-state index contributed by atoms with van der Waals surface area (Å²) in [5.41, 5.74) is 14.7. The van der Waals surface area contributed by atoms with Crippen LogP contribution in [0.3, 0.4) is 0 Å². The van der Waals surface area contributed by atoms with Crippen LogP contribution in [0.15, 0.2) is 18.2 Å². The molecule has 0 aliphatic carbocycles. The van der Waals surface area contributed by atoms with Crippen molar-refractivity contribution in [2.75, 3.05) is 5.73 Å². The van der Waals surface area contributed by atoms with Crippen LogP contribution in [0, 0.1) is 18.4 Å². The predicted octanol–water partition coefficient (Wildman–Crippen LogP) is 5.15. The largest absolute Gasteiger partial charge is 0.399 e. The van der Waals surface area contributed by atoms with Gasteiger partial charge in [0, 0.05) is 11.3 Å². The van der Waals surface area contributed by atoms with Gasteiger partial charge in [0.25, 0.3) is 0 Å². The first-order valence-corrected chi connectivity index (χ1v) is 9.84. The van der Waals surface area contributed by atoms with Crippen molar-refractivity contribution in [3.63, 3.8) is 0 Å². The van der Waals surface area contributed by atoms with Crippen LogP contribution in [0.1, 0.15) is 52.7 Å². The summed E-state index contributed by atoms with van der Waals surface area (Å²) in [5, 5.41) is 0. The second kappa shape index (κ2) is 6.50. The average Bonchev–Trinajstić information content (AvgIpc) is 2.33. The molecule has 0 unspecified atom stereocenters. The van der Waals surface area contributed by atoms with E-state index in [2.05, 4.69) is 59.1 Å². The van der Waals surface area contributed by atoms with E-state index in [0.717, 1.165) is 16.8 Å². The topological polar surface area (TPSA) is 26.0 Å². The summed E-state index contributed by atoms with van der Waals surface area (Å²) in [6.07, 6.45) is 0. The van der Waals surface area contributed by atoms with Gasteiger partial charge in [-0.2, -0.15) is 0 Å². The third kappa shape index (κ3) is 3.27. The summed E-state index contributed by atoms with van der Waals surface area (Å²) in [7, 11) is -1.63. The predicted molar refractivity (Wildman–Crippen MR) is 93.5 cm³/mol. The molecule has 0 aromatic heterocycles. The summed E-state index contributed by atoms with van der Waals surface area (Å²) in [5.74, 6) is 3.45. The highest BCUT2D eigenvalue weighted by Gasteiger charge is 2.41. The van der Waals surface area contributed by atoms with Gasteiger partial charge in [0.15, 0.2) is 0 Å². The zero-order chi connectivity index (χ0) is 15.5. The van der Waals surface area contributed by atoms with Gasteiger partial charge < -0.3 is 5.73 Å². The van der Waals surface area contributed by atoms with E-state index >= 15 is 0 Å². The fraction of sp³-hybridized carbons (Fsp3) is 0.556. The van der Waals surface area contributed by atoms with Crippen molar-refractivity contribution in [2.24, 2.45) is 0 Å². The van der Waals surface area contributed by atoms with Gasteiger partial charge in [-0.15, -0.1) is 5.54 Å². The lowest BCUT2D eigenvalue weighted by Gasteiger charge is -2.38. The lowest BCUT2D eigenvalue weighted by atomic mass is 10.1. The summed E-state index contributed by atoms with van der Waals surface area (Å²) >= 11 is 0. The van der Waals surface area contributed by atoms with Crippen LogP contribution in [-0.4, -0.2) is 8.07 Å². The molecule has 0 amide bonds. The van der Waals surface area contributed by atoms with Crippen molar-refractivity contribution in [1.29, 1.82) is 0 Å². The fourth-order valence-corrected chi connectivity index (χ4v) is 8.59. The third-order valence-corrected chi connectivity index (χ3v) is 10.8. The Kier molecular flexibility index (Phi) is 5.47. The van der Waals surface area contributed by atoms with Gasteiger partial charge in [0.05, 0.1) is 0 Å². The van der Waals surface area contributed by atoms with Crippen molar-refractivity contribution in [1.82, 2.24) is 0 Å². The van der Waals surface area contributed by atoms with E-state index in [-0.39, 0.29) is 0 Å². The maximum absolute atomic E-state index is 5.88. The number of nitrogen functional groups attached to an aromatic ring is 1. The van der Waals surface area contributed by atoms with E-state index in [9.17, 15) is 0 Å². The molecule has 0 heterocycles. The maximum Gasteiger partial charge on any atom is 0.146 e. The standard InChI is InChI=1S/C18H29NSi/c1-13(2)20(14(3)4,15(5)6)11-10-17-8-9-18(19)16(7)12-17/h8-9,12-15H,19H2,1-7H3. The molecule has 0 radical (unpaired) electrons. The van der Waals surface area contributed by atoms with Crippen LogP contribution in [0.2, 0.25) is 16.6 Å². The first kappa shape index (κ1) is 16.9. The fourth-order valence-electron chi connectivity index (χ4n) is 3.37. The highest BCUT2D eigenvalue weighted by Crippen LogP contribution is 2.40. The van der Waals surface area contributed by atoms with Crippen LogP contribution in [-0.2, 0) is 0 Å². The Bertz CT molecular complexity index is 496. The second-order valence-electron chi connectivity index (χ2n) is 6.72. The Morgan fingerprint density at radius 1 is 0.950 bits per heavy atom. The quantitative estimate of drug-likeness (QED) is 0.464. The van der Waals surface area contributed by atoms with Crippen LogP contribution < -0.4 is 5.73 Å². The number of benzene rings is 1. The second-order valence-corrected chi connectivity index (χ2v) is 12.3. The first-order chi connectivity index (χ1) is 9.21. The number of aryl methyl sites for hydroxylation is 1. The van der Waals surface area contributed by atoms with Gasteiger partial charge in [0.2, 0.25) is 0 Å². The number of hydrogen-bond donors (Lipinski definition) is 1. The molecule has 0 bridgehead atoms. The van der Waals surface area contributed by atoms with Crippen molar-refractivity contribution in [2.45, 2.75) is 65.1 Å². The maximum atomic E-state index is 5.88. The van der Waals surface area contributed by atoms with Crippen molar-refractivity contribution in [3.8, 4) is 11.5 Å². The Hall–Kier alpha value is -1.20. The third-order valence-electron chi connectivity index (χ3n) is 4.56. The van der Waals surface area contributed by atoms with E-state index in [1.807, 2.05) is 19.1 Å². The molecule has 0 spiro atoms. The van der Waals surface area contributed by atoms with Gasteiger partial charge in [0.1, 0.15) is 8.07 Å². The summed E-state index contributed by atoms with van der Waals surface area (Å²) in [6.45, 7) is 16.1. The summed E-state index contributed by atoms with van der Waals surface area (Å²) in [6, 6.07) is 6.10. The average molecular weight is 288 g/mol. The Balaban J connectivity index is 3.26. The molecule has 1 aromatic carbocycles. The molecule has 1 aromatic rings. The molecular formula is C18H29NSi. The number of nitrogens with two attached hydrogens (primary N) is 1. The van der Waals surface area contributed by atoms with Crippen LogP contribution in [0.4, 0.5) is 5.69 Å². The van der Waals surface area contributed by atoms with E-state index in [1.165, 1.54) is 0 Å². The minimum atomic E-state index is -1.63. The van der Waals surface area contributed by atoms with Gasteiger partial charge in [-0.1, -0.05) is 47.5 Å². The summed E-state index contributed by atoms with van der Waals surface area (Å²) in [4.78, 5) is 0. The molecule has 20 heavy (non-hydrogen) atoms. The van der Waals surface area contributed by atoms with Crippen LogP contribution in [0.5, 0.6) is 0 Å². The molecule has 0 saturated carbocycles. The molecule has 0 fully saturated rings. The molecular weight excluding hydrogens is 258 g/mol. The SMILES string of the molecule is Cc1cc(C#C[Si](C(C)C)(C(C)C)C(C)C)ccc1N. The minimum Gasteiger partial charge on any atom is -0.399 e. The number of rotatable bonds is 3. The van der Waals surface area contributed by atoms with Crippen LogP contribution >= 0.6 is 0 Å². The van der Waals surface area contributed by atoms with Gasteiger partial charge in [-0.25, -0.2) is 0 Å². The van der Waals surface area contributed by atoms with E-state index < -0.39 is 8.07 Å². The summed E-state index contributed by atoms with van der Waals surface area (Å²) < 4.78 is 0. The first-order valence-electron chi connectivity index (χ1n) is 7.61. The molecule has 1 rings (SSSR count). The molecule has 0 aliphatic rings. The number of anilines is 1. The lowest BCUT2D eigenvalue weighted by Crippen LogP contribution is -2.43. The molecule has 110 valence electrons. The van der Waals surface area contributed by atoms with Crippen molar-refractivity contribution in [3.05, 3.63) is 29.3 Å². The van der Waals surface area contributed by atoms with Crippen LogP contribution in [0.25, 0.3) is 0 Å². The monoisotopic (exact) mass is 287 g/mol. The molecule has 0 atom stereocenters. The minimum absolute atomic E-state index is 0.671. The highest BCUT2D eigenvalue weighted by molar-refractivity contribution is 6.90. The van der Waals surface area contributed by atoms with E-state index in [0.29, 0.717) is 16.6 Å². The molecule has 2 heteroatoms. The molecule has 2 N–H and O–H groups in total. The Morgan fingerprint density at radius 3 is 1.85 bits per heavy atom. The Morgan fingerprint density at radius 2 is 1.45 bits per heavy atom. The number of hydrogen-bond acceptors (Lipinski definition) is 1. The normalized spacial score (nSPS) is 11.9. The van der Waals surface area contributed by atoms with E-state index in [1.54, 1.807) is 0 Å². The van der Waals surface area contributed by atoms with Gasteiger partial charge in [-0.05, 0) is 47.3 Å². The van der Waals surface area contributed by atoms with Gasteiger partial charge >= 0.3 is 0 Å².